The number of nitrogens with zero attached hydrogens (tertiary/aromatic N) is 2. The molecule has 0 radical (unpaired) electrons. The molecule has 1 heterocycles. The molecule has 1 N–H and O–H groups in total. The van der Waals surface area contributed by atoms with Crippen molar-refractivity contribution in [2.24, 2.45) is 0 Å². The number of hydrogen-bond donors (Lipinski definition) is 1. The molecule has 0 unspecified atom stereocenters. The summed E-state index contributed by atoms with van der Waals surface area (Å²) in [6, 6.07) is 10.1. The smallest absolute Gasteiger partial charge is 0.287 e. The van der Waals surface area contributed by atoms with Crippen molar-refractivity contribution in [1.82, 2.24) is 9.55 Å². The summed E-state index contributed by atoms with van der Waals surface area (Å²) in [5.74, 6) is -0.0423. The van der Waals surface area contributed by atoms with Gasteiger partial charge in [-0.1, -0.05) is 35.5 Å². The molecule has 0 aliphatic heterocycles. The predicted molar refractivity (Wildman–Crippen MR) is 119 cm³/mol. The molecule has 0 aliphatic rings. The molecule has 0 saturated heterocycles. The molecule has 6 heteroatoms. The molecule has 0 bridgehead atoms. The van der Waals surface area contributed by atoms with E-state index in [2.05, 4.69) is 16.4 Å². The van der Waals surface area contributed by atoms with Crippen LogP contribution in [-0.4, -0.2) is 21.2 Å². The second-order valence-electron chi connectivity index (χ2n) is 7.36. The van der Waals surface area contributed by atoms with Crippen molar-refractivity contribution in [3.63, 3.8) is 0 Å². The van der Waals surface area contributed by atoms with Crippen LogP contribution in [0, 0.1) is 34.6 Å². The highest BCUT2D eigenvalue weighted by Gasteiger charge is 2.12. The second kappa shape index (κ2) is 8.66. The summed E-state index contributed by atoms with van der Waals surface area (Å²) >= 11 is 1.15. The third kappa shape index (κ3) is 4.95. The third-order valence-corrected chi connectivity index (χ3v) is 5.54. The van der Waals surface area contributed by atoms with Gasteiger partial charge in [0.2, 0.25) is 5.91 Å². The lowest BCUT2D eigenvalue weighted by atomic mass is 10.1. The van der Waals surface area contributed by atoms with Gasteiger partial charge in [0.15, 0.2) is 5.03 Å². The van der Waals surface area contributed by atoms with Crippen LogP contribution < -0.4 is 10.9 Å². The monoisotopic (exact) mass is 407 g/mol. The fourth-order valence-corrected chi connectivity index (χ4v) is 4.17. The van der Waals surface area contributed by atoms with Crippen molar-refractivity contribution in [1.29, 1.82) is 0 Å². The highest BCUT2D eigenvalue weighted by molar-refractivity contribution is 7.99. The van der Waals surface area contributed by atoms with Crippen molar-refractivity contribution < 1.29 is 4.79 Å². The maximum atomic E-state index is 12.9. The van der Waals surface area contributed by atoms with E-state index in [0.717, 1.165) is 51.0 Å². The summed E-state index contributed by atoms with van der Waals surface area (Å²) in [6.07, 6.45) is 3.24. The Morgan fingerprint density at radius 1 is 0.966 bits per heavy atom. The number of nitrogens with one attached hydrogen (secondary N) is 1. The fraction of sp³-hybridized carbons (Fsp3) is 0.261. The van der Waals surface area contributed by atoms with Gasteiger partial charge in [-0.3, -0.25) is 14.2 Å². The van der Waals surface area contributed by atoms with Gasteiger partial charge in [-0.2, -0.15) is 0 Å². The molecule has 1 amide bonds. The first-order valence-corrected chi connectivity index (χ1v) is 10.4. The summed E-state index contributed by atoms with van der Waals surface area (Å²) < 4.78 is 1.57. The third-order valence-electron chi connectivity index (χ3n) is 4.58. The predicted octanol–water partition coefficient (Wildman–Crippen LogP) is 4.51. The maximum Gasteiger partial charge on any atom is 0.287 e. The Balaban J connectivity index is 1.76. The van der Waals surface area contributed by atoms with Gasteiger partial charge in [-0.25, -0.2) is 4.98 Å². The van der Waals surface area contributed by atoms with E-state index in [1.807, 2.05) is 58.9 Å². The average Bonchev–Trinajstić information content (AvgIpc) is 2.63. The van der Waals surface area contributed by atoms with Crippen LogP contribution >= 0.6 is 11.8 Å². The first kappa shape index (κ1) is 20.9. The summed E-state index contributed by atoms with van der Waals surface area (Å²) in [5, 5.41) is 3.27. The first-order chi connectivity index (χ1) is 13.7. The molecule has 2 aromatic carbocycles. The number of benzene rings is 2. The van der Waals surface area contributed by atoms with E-state index >= 15 is 0 Å². The van der Waals surface area contributed by atoms with Crippen LogP contribution in [0.5, 0.6) is 0 Å². The molecular weight excluding hydrogens is 382 g/mol. The Kier molecular flexibility index (Phi) is 6.23. The summed E-state index contributed by atoms with van der Waals surface area (Å²) in [5.41, 5.74) is 6.78. The van der Waals surface area contributed by atoms with Gasteiger partial charge in [-0.05, 0) is 69.0 Å². The van der Waals surface area contributed by atoms with E-state index in [-0.39, 0.29) is 17.2 Å². The minimum absolute atomic E-state index is 0.117. The fourth-order valence-electron chi connectivity index (χ4n) is 3.47. The lowest BCUT2D eigenvalue weighted by Crippen LogP contribution is -2.22. The Morgan fingerprint density at radius 2 is 1.55 bits per heavy atom. The summed E-state index contributed by atoms with van der Waals surface area (Å²) in [6.45, 7) is 9.98. The molecule has 150 valence electrons. The van der Waals surface area contributed by atoms with Crippen molar-refractivity contribution >= 4 is 23.4 Å². The van der Waals surface area contributed by atoms with Gasteiger partial charge in [0.05, 0.1) is 5.75 Å². The molecule has 0 saturated carbocycles. The number of carbonyl (C=O) groups excluding carboxylic acids is 1. The van der Waals surface area contributed by atoms with Crippen LogP contribution in [0.25, 0.3) is 5.69 Å². The molecule has 5 nitrogen and oxygen atoms in total. The van der Waals surface area contributed by atoms with E-state index in [0.29, 0.717) is 5.03 Å². The van der Waals surface area contributed by atoms with Crippen LogP contribution in [0.1, 0.15) is 27.8 Å². The normalized spacial score (nSPS) is 10.8. The highest BCUT2D eigenvalue weighted by atomic mass is 32.2. The zero-order chi connectivity index (χ0) is 21.1. The van der Waals surface area contributed by atoms with Gasteiger partial charge in [0, 0.05) is 23.8 Å². The second-order valence-corrected chi connectivity index (χ2v) is 8.33. The van der Waals surface area contributed by atoms with Gasteiger partial charge < -0.3 is 5.32 Å². The molecular formula is C23H25N3O2S. The Hall–Kier alpha value is -2.86. The average molecular weight is 408 g/mol. The van der Waals surface area contributed by atoms with Gasteiger partial charge in [-0.15, -0.1) is 0 Å². The number of hydrogen-bond acceptors (Lipinski definition) is 4. The van der Waals surface area contributed by atoms with Crippen LogP contribution in [0.3, 0.4) is 0 Å². The van der Waals surface area contributed by atoms with Crippen molar-refractivity contribution in [2.75, 3.05) is 11.1 Å². The molecule has 0 fully saturated rings. The minimum atomic E-state index is -0.224. The van der Waals surface area contributed by atoms with Crippen molar-refractivity contribution in [3.8, 4) is 5.69 Å². The topological polar surface area (TPSA) is 64.0 Å². The number of anilines is 1. The van der Waals surface area contributed by atoms with Gasteiger partial charge in [0.1, 0.15) is 0 Å². The number of aromatic nitrogens is 2. The molecule has 3 aromatic rings. The molecule has 0 aliphatic carbocycles. The Morgan fingerprint density at radius 3 is 2.17 bits per heavy atom. The molecule has 0 atom stereocenters. The van der Waals surface area contributed by atoms with Gasteiger partial charge in [0.25, 0.3) is 5.56 Å². The zero-order valence-electron chi connectivity index (χ0n) is 17.4. The molecule has 1 aromatic heterocycles. The highest BCUT2D eigenvalue weighted by Crippen LogP contribution is 2.22. The van der Waals surface area contributed by atoms with Gasteiger partial charge >= 0.3 is 0 Å². The van der Waals surface area contributed by atoms with E-state index < -0.39 is 0 Å². The molecule has 3 rings (SSSR count). The van der Waals surface area contributed by atoms with Crippen LogP contribution in [-0.2, 0) is 4.79 Å². The number of thioether (sulfide) groups is 1. The van der Waals surface area contributed by atoms with Crippen LogP contribution in [0.2, 0.25) is 0 Å². The standard InChI is InChI=1S/C23H25N3O2S/c1-14-8-15(2)12-19(11-14)26-7-6-24-22(23(26)28)29-13-20(27)25-21-17(4)9-16(3)10-18(21)5/h6-12H,13H2,1-5H3,(H,25,27). The number of carbonyl (C=O) groups is 1. The Bertz CT molecular complexity index is 1090. The minimum Gasteiger partial charge on any atom is -0.325 e. The summed E-state index contributed by atoms with van der Waals surface area (Å²) in [4.78, 5) is 29.5. The number of amides is 1. The zero-order valence-corrected chi connectivity index (χ0v) is 18.2. The molecule has 0 spiro atoms. The lowest BCUT2D eigenvalue weighted by molar-refractivity contribution is -0.113. The number of rotatable bonds is 5. The largest absolute Gasteiger partial charge is 0.325 e. The Labute approximate surface area is 175 Å². The number of aryl methyl sites for hydroxylation is 5. The SMILES string of the molecule is Cc1cc(C)cc(-n2ccnc(SCC(=O)Nc3c(C)cc(C)cc3C)c2=O)c1. The molecule has 29 heavy (non-hydrogen) atoms. The van der Waals surface area contributed by atoms with Crippen LogP contribution in [0.4, 0.5) is 5.69 Å². The van der Waals surface area contributed by atoms with Crippen LogP contribution in [0.15, 0.2) is 52.5 Å². The van der Waals surface area contributed by atoms with Crippen molar-refractivity contribution in [3.05, 3.63) is 80.9 Å². The summed E-state index contributed by atoms with van der Waals surface area (Å²) in [7, 11) is 0. The lowest BCUT2D eigenvalue weighted by Gasteiger charge is -2.13. The first-order valence-electron chi connectivity index (χ1n) is 9.41. The van der Waals surface area contributed by atoms with E-state index in [4.69, 9.17) is 0 Å². The van der Waals surface area contributed by atoms with Crippen molar-refractivity contribution in [2.45, 2.75) is 39.6 Å². The van der Waals surface area contributed by atoms with E-state index in [9.17, 15) is 9.59 Å². The van der Waals surface area contributed by atoms with E-state index in [1.54, 1.807) is 17.0 Å². The quantitative estimate of drug-likeness (QED) is 0.632. The van der Waals surface area contributed by atoms with E-state index in [1.165, 1.54) is 0 Å². The maximum absolute atomic E-state index is 12.9.